The van der Waals surface area contributed by atoms with Crippen molar-refractivity contribution in [1.29, 1.82) is 0 Å². The summed E-state index contributed by atoms with van der Waals surface area (Å²) in [6.45, 7) is 1.13. The summed E-state index contributed by atoms with van der Waals surface area (Å²) in [7, 11) is 3.55. The van der Waals surface area contributed by atoms with Gasteiger partial charge in [0.15, 0.2) is 0 Å². The topological polar surface area (TPSA) is 120 Å². The average Bonchev–Trinajstić information content (AvgIpc) is 2.28. The first-order chi connectivity index (χ1) is 7.90. The first kappa shape index (κ1) is 13.4. The van der Waals surface area contributed by atoms with Crippen molar-refractivity contribution in [3.63, 3.8) is 0 Å². The summed E-state index contributed by atoms with van der Waals surface area (Å²) < 4.78 is 0. The van der Waals surface area contributed by atoms with Gasteiger partial charge in [-0.15, -0.1) is 0 Å². The van der Waals surface area contributed by atoms with Crippen LogP contribution in [0.25, 0.3) is 0 Å². The Morgan fingerprint density at radius 2 is 1.82 bits per heavy atom. The molecule has 8 nitrogen and oxygen atoms in total. The van der Waals surface area contributed by atoms with Crippen molar-refractivity contribution in [3.05, 3.63) is 0 Å². The highest BCUT2D eigenvalue weighted by atomic mass is 16.3. The number of aliphatic hydroxyl groups is 2. The molecule has 0 aromatic carbocycles. The molecule has 0 aliphatic heterocycles. The lowest BCUT2D eigenvalue weighted by molar-refractivity contribution is 0.147. The van der Waals surface area contributed by atoms with Gasteiger partial charge in [0, 0.05) is 14.1 Å². The maximum absolute atomic E-state index is 9.16. The van der Waals surface area contributed by atoms with Crippen molar-refractivity contribution in [3.8, 4) is 0 Å². The number of aliphatic hydroxyl groups excluding tert-OH is 2. The van der Waals surface area contributed by atoms with Crippen molar-refractivity contribution in [1.82, 2.24) is 15.0 Å². The van der Waals surface area contributed by atoms with E-state index in [2.05, 4.69) is 20.3 Å². The minimum Gasteiger partial charge on any atom is -0.394 e. The first-order valence-corrected chi connectivity index (χ1v) is 5.09. The van der Waals surface area contributed by atoms with Crippen molar-refractivity contribution >= 4 is 17.8 Å². The zero-order valence-corrected chi connectivity index (χ0v) is 10.2. The van der Waals surface area contributed by atoms with Crippen molar-refractivity contribution in [2.24, 2.45) is 0 Å². The number of hydrogen-bond donors (Lipinski definition) is 4. The van der Waals surface area contributed by atoms with E-state index in [1.165, 1.54) is 0 Å². The molecular weight excluding hydrogens is 224 g/mol. The molecule has 0 aliphatic carbocycles. The van der Waals surface area contributed by atoms with E-state index < -0.39 is 5.54 Å². The Bertz CT molecular complexity index is 380. The lowest BCUT2D eigenvalue weighted by Crippen LogP contribution is -2.43. The standard InChI is InChI=1S/C9H18N6O2/c1-9(4-16,5-17)14-7-11-6(10)12-8(13-7)15(2)3/h16-17H,4-5H2,1-3H3,(H3,10,11,12,13,14). The predicted octanol–water partition coefficient (Wildman–Crippen LogP) is -1.32. The molecular formula is C9H18N6O2. The third-order valence-electron chi connectivity index (χ3n) is 2.15. The molecule has 0 spiro atoms. The number of rotatable bonds is 5. The second-order valence-corrected chi connectivity index (χ2v) is 4.21. The minimum absolute atomic E-state index is 0.0735. The van der Waals surface area contributed by atoms with Crippen molar-refractivity contribution < 1.29 is 10.2 Å². The summed E-state index contributed by atoms with van der Waals surface area (Å²) in [5.41, 5.74) is 4.64. The van der Waals surface area contributed by atoms with E-state index in [-0.39, 0.29) is 25.1 Å². The van der Waals surface area contributed by atoms with Crippen LogP contribution >= 0.6 is 0 Å². The fourth-order valence-electron chi connectivity index (χ4n) is 1.04. The smallest absolute Gasteiger partial charge is 0.231 e. The number of aromatic nitrogens is 3. The molecule has 0 aliphatic rings. The van der Waals surface area contributed by atoms with Crippen molar-refractivity contribution in [2.45, 2.75) is 12.5 Å². The summed E-state index contributed by atoms with van der Waals surface area (Å²) in [5.74, 6) is 0.689. The van der Waals surface area contributed by atoms with Crippen LogP contribution < -0.4 is 16.0 Å². The Balaban J connectivity index is 2.98. The first-order valence-electron chi connectivity index (χ1n) is 5.09. The number of nitrogen functional groups attached to an aromatic ring is 1. The molecule has 0 fully saturated rings. The molecule has 1 rings (SSSR count). The maximum Gasteiger partial charge on any atom is 0.231 e. The molecule has 17 heavy (non-hydrogen) atoms. The quantitative estimate of drug-likeness (QED) is 0.501. The highest BCUT2D eigenvalue weighted by molar-refractivity contribution is 5.42. The van der Waals surface area contributed by atoms with Crippen LogP contribution in [-0.4, -0.2) is 58.0 Å². The van der Waals surface area contributed by atoms with Crippen LogP contribution in [-0.2, 0) is 0 Å². The van der Waals surface area contributed by atoms with Crippen LogP contribution in [0.15, 0.2) is 0 Å². The molecule has 0 saturated carbocycles. The Morgan fingerprint density at radius 1 is 1.24 bits per heavy atom. The molecule has 0 saturated heterocycles. The van der Waals surface area contributed by atoms with E-state index >= 15 is 0 Å². The maximum atomic E-state index is 9.16. The molecule has 0 amide bonds. The van der Waals surface area contributed by atoms with Gasteiger partial charge in [-0.1, -0.05) is 0 Å². The Labute approximate surface area is 99.5 Å². The van der Waals surface area contributed by atoms with Gasteiger partial charge in [0.2, 0.25) is 17.8 Å². The fourth-order valence-corrected chi connectivity index (χ4v) is 1.04. The van der Waals surface area contributed by atoms with E-state index in [1.54, 1.807) is 25.9 Å². The van der Waals surface area contributed by atoms with Gasteiger partial charge in [0.05, 0.1) is 18.8 Å². The van der Waals surface area contributed by atoms with E-state index in [4.69, 9.17) is 15.9 Å². The monoisotopic (exact) mass is 242 g/mol. The zero-order chi connectivity index (χ0) is 13.1. The highest BCUT2D eigenvalue weighted by Crippen LogP contribution is 2.14. The second kappa shape index (κ2) is 5.11. The molecule has 1 aromatic rings. The lowest BCUT2D eigenvalue weighted by atomic mass is 10.1. The lowest BCUT2D eigenvalue weighted by Gasteiger charge is -2.26. The van der Waals surface area contributed by atoms with Crippen LogP contribution in [0.3, 0.4) is 0 Å². The number of nitrogens with two attached hydrogens (primary N) is 1. The second-order valence-electron chi connectivity index (χ2n) is 4.21. The van der Waals surface area contributed by atoms with Crippen molar-refractivity contribution in [2.75, 3.05) is 43.3 Å². The van der Waals surface area contributed by atoms with Crippen LogP contribution in [0, 0.1) is 0 Å². The van der Waals surface area contributed by atoms with Gasteiger partial charge in [-0.2, -0.15) is 15.0 Å². The summed E-state index contributed by atoms with van der Waals surface area (Å²) in [4.78, 5) is 13.6. The molecule has 1 heterocycles. The largest absolute Gasteiger partial charge is 0.394 e. The number of hydrogen-bond acceptors (Lipinski definition) is 8. The van der Waals surface area contributed by atoms with Gasteiger partial charge in [-0.05, 0) is 6.92 Å². The van der Waals surface area contributed by atoms with Gasteiger partial charge >= 0.3 is 0 Å². The molecule has 96 valence electrons. The zero-order valence-electron chi connectivity index (χ0n) is 10.2. The molecule has 0 radical (unpaired) electrons. The van der Waals surface area contributed by atoms with Gasteiger partial charge in [-0.25, -0.2) is 0 Å². The van der Waals surface area contributed by atoms with Gasteiger partial charge in [0.25, 0.3) is 0 Å². The molecule has 1 aromatic heterocycles. The third-order valence-corrected chi connectivity index (χ3v) is 2.15. The molecule has 5 N–H and O–H groups in total. The highest BCUT2D eigenvalue weighted by Gasteiger charge is 2.23. The summed E-state index contributed by atoms with van der Waals surface area (Å²) in [5, 5.41) is 21.1. The Hall–Kier alpha value is -1.67. The molecule has 0 atom stereocenters. The van der Waals surface area contributed by atoms with Crippen LogP contribution in [0.5, 0.6) is 0 Å². The summed E-state index contributed by atoms with van der Waals surface area (Å²) >= 11 is 0. The Kier molecular flexibility index (Phi) is 4.02. The van der Waals surface area contributed by atoms with E-state index in [0.29, 0.717) is 5.95 Å². The molecule has 0 unspecified atom stereocenters. The molecule has 8 heteroatoms. The minimum atomic E-state index is -0.905. The van der Waals surface area contributed by atoms with Gasteiger partial charge in [-0.3, -0.25) is 0 Å². The average molecular weight is 242 g/mol. The van der Waals surface area contributed by atoms with E-state index in [0.717, 1.165) is 0 Å². The number of nitrogens with one attached hydrogen (secondary N) is 1. The SMILES string of the molecule is CN(C)c1nc(N)nc(NC(C)(CO)CO)n1. The third kappa shape index (κ3) is 3.40. The number of nitrogens with zero attached hydrogens (tertiary/aromatic N) is 4. The summed E-state index contributed by atoms with van der Waals surface area (Å²) in [6.07, 6.45) is 0. The summed E-state index contributed by atoms with van der Waals surface area (Å²) in [6, 6.07) is 0. The van der Waals surface area contributed by atoms with Crippen LogP contribution in [0.1, 0.15) is 6.92 Å². The van der Waals surface area contributed by atoms with Crippen LogP contribution in [0.4, 0.5) is 17.8 Å². The fraction of sp³-hybridized carbons (Fsp3) is 0.667. The van der Waals surface area contributed by atoms with E-state index in [1.807, 2.05) is 0 Å². The Morgan fingerprint density at radius 3 is 2.29 bits per heavy atom. The number of anilines is 3. The van der Waals surface area contributed by atoms with Gasteiger partial charge < -0.3 is 26.2 Å². The van der Waals surface area contributed by atoms with Gasteiger partial charge in [0.1, 0.15) is 0 Å². The normalized spacial score (nSPS) is 11.4. The molecule has 0 bridgehead atoms. The predicted molar refractivity (Wildman–Crippen MR) is 64.8 cm³/mol. The van der Waals surface area contributed by atoms with Crippen LogP contribution in [0.2, 0.25) is 0 Å². The van der Waals surface area contributed by atoms with E-state index in [9.17, 15) is 0 Å².